The molecule has 5 rings (SSSR count). The van der Waals surface area contributed by atoms with E-state index in [1.807, 2.05) is 30.3 Å². The third kappa shape index (κ3) is 5.53. The predicted molar refractivity (Wildman–Crippen MR) is 160 cm³/mol. The van der Waals surface area contributed by atoms with E-state index in [2.05, 4.69) is 40.7 Å². The number of carbonyl (C=O) groups excluding carboxylic acids is 2. The third-order valence-corrected chi connectivity index (χ3v) is 11.8. The Bertz CT molecular complexity index is 1090. The van der Waals surface area contributed by atoms with E-state index >= 15 is 0 Å². The van der Waals surface area contributed by atoms with Crippen LogP contribution in [0.1, 0.15) is 116 Å². The van der Waals surface area contributed by atoms with Crippen molar-refractivity contribution in [2.45, 2.75) is 118 Å². The Morgan fingerprint density at radius 2 is 1.68 bits per heavy atom. The zero-order chi connectivity index (χ0) is 28.7. The summed E-state index contributed by atoms with van der Waals surface area (Å²) in [6.45, 7) is 13.7. The monoisotopic (exact) mass is 548 g/mol. The van der Waals surface area contributed by atoms with Crippen molar-refractivity contribution in [1.82, 2.24) is 0 Å². The first-order chi connectivity index (χ1) is 19.0. The average molecular weight is 549 g/mol. The van der Waals surface area contributed by atoms with Crippen molar-refractivity contribution in [1.29, 1.82) is 0 Å². The molecule has 4 nitrogen and oxygen atoms in total. The summed E-state index contributed by atoms with van der Waals surface area (Å²) in [5.74, 6) is 3.23. The zero-order valence-corrected chi connectivity index (χ0v) is 25.8. The molecule has 9 atom stereocenters. The highest BCUT2D eigenvalue weighted by Crippen LogP contribution is 2.67. The van der Waals surface area contributed by atoms with E-state index in [9.17, 15) is 9.59 Å². The summed E-state index contributed by atoms with van der Waals surface area (Å²) in [6, 6.07) is 9.45. The fourth-order valence-corrected chi connectivity index (χ4v) is 9.83. The lowest BCUT2D eigenvalue weighted by atomic mass is 9.46. The van der Waals surface area contributed by atoms with Crippen LogP contribution in [0.5, 0.6) is 0 Å². The van der Waals surface area contributed by atoms with Gasteiger partial charge in [0.1, 0.15) is 12.2 Å². The lowest BCUT2D eigenvalue weighted by Crippen LogP contribution is -2.55. The van der Waals surface area contributed by atoms with Gasteiger partial charge in [0.15, 0.2) is 0 Å². The van der Waals surface area contributed by atoms with Gasteiger partial charge in [-0.2, -0.15) is 0 Å². The van der Waals surface area contributed by atoms with Crippen LogP contribution in [-0.4, -0.2) is 24.1 Å². The molecule has 4 heteroatoms. The summed E-state index contributed by atoms with van der Waals surface area (Å²) in [5.41, 5.74) is 2.34. The van der Waals surface area contributed by atoms with Crippen molar-refractivity contribution in [3.63, 3.8) is 0 Å². The van der Waals surface area contributed by atoms with Gasteiger partial charge in [-0.3, -0.25) is 4.79 Å². The van der Waals surface area contributed by atoms with E-state index < -0.39 is 0 Å². The molecule has 4 aliphatic carbocycles. The van der Waals surface area contributed by atoms with Crippen molar-refractivity contribution in [2.24, 2.45) is 46.3 Å². The molecule has 4 aliphatic rings. The summed E-state index contributed by atoms with van der Waals surface area (Å²) >= 11 is 0. The normalized spacial score (nSPS) is 37.5. The third-order valence-electron chi connectivity index (χ3n) is 11.8. The van der Waals surface area contributed by atoms with E-state index in [4.69, 9.17) is 9.47 Å². The summed E-state index contributed by atoms with van der Waals surface area (Å²) in [6.07, 6.45) is 13.7. The van der Waals surface area contributed by atoms with Gasteiger partial charge >= 0.3 is 11.9 Å². The summed E-state index contributed by atoms with van der Waals surface area (Å²) in [4.78, 5) is 25.2. The molecule has 220 valence electrons. The first-order valence-electron chi connectivity index (χ1n) is 16.2. The second-order valence-corrected chi connectivity index (χ2v) is 14.6. The lowest BCUT2D eigenvalue weighted by molar-refractivity contribution is -0.149. The Morgan fingerprint density at radius 3 is 2.38 bits per heavy atom. The van der Waals surface area contributed by atoms with E-state index in [0.29, 0.717) is 28.7 Å². The zero-order valence-electron chi connectivity index (χ0n) is 25.8. The molecular weight excluding hydrogens is 496 g/mol. The Morgan fingerprint density at radius 1 is 0.925 bits per heavy atom. The van der Waals surface area contributed by atoms with E-state index in [1.54, 1.807) is 0 Å². The largest absolute Gasteiger partial charge is 0.462 e. The van der Waals surface area contributed by atoms with Crippen molar-refractivity contribution < 1.29 is 19.1 Å². The van der Waals surface area contributed by atoms with Crippen molar-refractivity contribution in [2.75, 3.05) is 0 Å². The van der Waals surface area contributed by atoms with Gasteiger partial charge in [-0.25, -0.2) is 4.79 Å². The van der Waals surface area contributed by atoms with E-state index in [1.165, 1.54) is 57.4 Å². The molecule has 0 bridgehead atoms. The van der Waals surface area contributed by atoms with Gasteiger partial charge in [0.25, 0.3) is 0 Å². The first kappa shape index (κ1) is 29.4. The number of ether oxygens (including phenoxy) is 2. The van der Waals surface area contributed by atoms with Crippen LogP contribution in [0, 0.1) is 46.3 Å². The first-order valence-corrected chi connectivity index (χ1v) is 16.2. The topological polar surface area (TPSA) is 52.6 Å². The molecule has 0 saturated heterocycles. The van der Waals surface area contributed by atoms with E-state index in [0.717, 1.165) is 37.0 Å². The maximum absolute atomic E-state index is 13.4. The van der Waals surface area contributed by atoms with Crippen LogP contribution in [-0.2, 0) is 14.3 Å². The number of hydrogen-bond donors (Lipinski definition) is 0. The molecule has 0 spiro atoms. The standard InChI is InChI=1S/C36H52O4/c1-23(2)11-10-12-24(3)29-15-16-30-33-31(18-20-36(29,30)6)35(5)19-17-28(39-25(4)37)21-27(35)22-32(33)40-34(38)26-13-8-7-9-14-26/h7-9,13-14,22-24,28-33H,10-12,15-21H2,1-6H3/t24?,28?,29?,30?,31?,32-,33?,35?,36?/m1/s1. The fourth-order valence-electron chi connectivity index (χ4n) is 9.83. The summed E-state index contributed by atoms with van der Waals surface area (Å²) < 4.78 is 12.2. The smallest absolute Gasteiger partial charge is 0.338 e. The maximum atomic E-state index is 13.4. The minimum atomic E-state index is -0.225. The number of esters is 2. The van der Waals surface area contributed by atoms with Crippen molar-refractivity contribution in [3.05, 3.63) is 47.5 Å². The number of benzene rings is 1. The molecule has 0 N–H and O–H groups in total. The van der Waals surface area contributed by atoms with Gasteiger partial charge < -0.3 is 9.47 Å². The molecular formula is C36H52O4. The van der Waals surface area contributed by atoms with Gasteiger partial charge in [0, 0.05) is 19.3 Å². The van der Waals surface area contributed by atoms with Crippen LogP contribution >= 0.6 is 0 Å². The van der Waals surface area contributed by atoms with Crippen molar-refractivity contribution >= 4 is 11.9 Å². The second kappa shape index (κ2) is 11.6. The molecule has 1 aromatic carbocycles. The quantitative estimate of drug-likeness (QED) is 0.241. The molecule has 3 fully saturated rings. The van der Waals surface area contributed by atoms with Gasteiger partial charge in [-0.05, 0) is 97.2 Å². The van der Waals surface area contributed by atoms with Crippen LogP contribution in [0.15, 0.2) is 42.0 Å². The van der Waals surface area contributed by atoms with E-state index in [-0.39, 0.29) is 29.6 Å². The Labute approximate surface area is 242 Å². The number of carbonyl (C=O) groups is 2. The minimum absolute atomic E-state index is 0.0738. The second-order valence-electron chi connectivity index (χ2n) is 14.6. The average Bonchev–Trinajstić information content (AvgIpc) is 3.26. The highest BCUT2D eigenvalue weighted by Gasteiger charge is 2.62. The van der Waals surface area contributed by atoms with Crippen LogP contribution in [0.2, 0.25) is 0 Å². The van der Waals surface area contributed by atoms with Crippen molar-refractivity contribution in [3.8, 4) is 0 Å². The summed E-state index contributed by atoms with van der Waals surface area (Å²) in [7, 11) is 0. The van der Waals surface area contributed by atoms with Gasteiger partial charge in [0.05, 0.1) is 5.56 Å². The SMILES string of the molecule is CC(=O)OC1CCC2(C)C(=C[C@@H](OC(=O)c3ccccc3)C3C2CCC2(C)C(C(C)CCCC(C)C)CCC32)C1. The van der Waals surface area contributed by atoms with Gasteiger partial charge in [0.2, 0.25) is 0 Å². The molecule has 0 heterocycles. The molecule has 0 aliphatic heterocycles. The number of rotatable bonds is 8. The molecule has 40 heavy (non-hydrogen) atoms. The molecule has 1 aromatic rings. The maximum Gasteiger partial charge on any atom is 0.338 e. The number of fused-ring (bicyclic) bond motifs is 5. The highest BCUT2D eigenvalue weighted by molar-refractivity contribution is 5.89. The van der Waals surface area contributed by atoms with Crippen LogP contribution in [0.4, 0.5) is 0 Å². The molecule has 0 radical (unpaired) electrons. The van der Waals surface area contributed by atoms with Crippen LogP contribution in [0.3, 0.4) is 0 Å². The Balaban J connectivity index is 1.45. The minimum Gasteiger partial charge on any atom is -0.462 e. The van der Waals surface area contributed by atoms with Crippen LogP contribution in [0.25, 0.3) is 0 Å². The summed E-state index contributed by atoms with van der Waals surface area (Å²) in [5, 5.41) is 0. The van der Waals surface area contributed by atoms with Gasteiger partial charge in [-0.15, -0.1) is 0 Å². The molecule has 0 aromatic heterocycles. The lowest BCUT2D eigenvalue weighted by Gasteiger charge is -2.59. The van der Waals surface area contributed by atoms with Crippen LogP contribution < -0.4 is 0 Å². The Hall–Kier alpha value is -2.10. The predicted octanol–water partition coefficient (Wildman–Crippen LogP) is 8.80. The van der Waals surface area contributed by atoms with Gasteiger partial charge in [-0.1, -0.05) is 77.7 Å². The Kier molecular flexibility index (Phi) is 8.56. The molecule has 8 unspecified atom stereocenters. The fraction of sp³-hybridized carbons (Fsp3) is 0.722. The molecule has 0 amide bonds. The molecule has 3 saturated carbocycles. The highest BCUT2D eigenvalue weighted by atomic mass is 16.5. The number of hydrogen-bond acceptors (Lipinski definition) is 4.